The number of hydrogen-bond donors (Lipinski definition) is 0. The van der Waals surface area contributed by atoms with Crippen LogP contribution in [-0.2, 0) is 0 Å². The van der Waals surface area contributed by atoms with Gasteiger partial charge in [-0.1, -0.05) is 44.6 Å². The number of rotatable bonds is 3. The molecular formula is C12H24Si. The molecule has 0 nitrogen and oxygen atoms in total. The summed E-state index contributed by atoms with van der Waals surface area (Å²) in [4.78, 5) is 0. The molecule has 0 aliphatic heterocycles. The van der Waals surface area contributed by atoms with Gasteiger partial charge in [0.2, 0.25) is 0 Å². The van der Waals surface area contributed by atoms with E-state index in [-0.39, 0.29) is 0 Å². The predicted octanol–water partition coefficient (Wildman–Crippen LogP) is 4.61. The van der Waals surface area contributed by atoms with Gasteiger partial charge in [-0.2, -0.15) is 0 Å². The van der Waals surface area contributed by atoms with Crippen LogP contribution < -0.4 is 0 Å². The molecule has 0 heterocycles. The minimum absolute atomic E-state index is 0.942. The molecule has 0 N–H and O–H groups in total. The summed E-state index contributed by atoms with van der Waals surface area (Å²) < 4.78 is 0. The SMILES string of the molecule is CCC(C1=CCCCC1)[Si](C)(C)C. The van der Waals surface area contributed by atoms with Crippen molar-refractivity contribution in [2.75, 3.05) is 0 Å². The highest BCUT2D eigenvalue weighted by Gasteiger charge is 2.28. The fraction of sp³-hybridized carbons (Fsp3) is 0.833. The van der Waals surface area contributed by atoms with Crippen LogP contribution in [0.3, 0.4) is 0 Å². The van der Waals surface area contributed by atoms with E-state index in [0.717, 1.165) is 5.54 Å². The Labute approximate surface area is 84.4 Å². The van der Waals surface area contributed by atoms with Gasteiger partial charge in [0.25, 0.3) is 0 Å². The summed E-state index contributed by atoms with van der Waals surface area (Å²) in [5.74, 6) is 0. The molecule has 1 aliphatic carbocycles. The lowest BCUT2D eigenvalue weighted by atomic mass is 9.96. The molecule has 0 bridgehead atoms. The topological polar surface area (TPSA) is 0 Å². The van der Waals surface area contributed by atoms with Crippen molar-refractivity contribution in [2.45, 2.75) is 64.2 Å². The molecule has 0 amide bonds. The second kappa shape index (κ2) is 4.45. The lowest BCUT2D eigenvalue weighted by molar-refractivity contribution is 0.662. The number of hydrogen-bond acceptors (Lipinski definition) is 0. The average molecular weight is 196 g/mol. The van der Waals surface area contributed by atoms with Crippen LogP contribution >= 0.6 is 0 Å². The molecular weight excluding hydrogens is 172 g/mol. The zero-order valence-corrected chi connectivity index (χ0v) is 10.7. The summed E-state index contributed by atoms with van der Waals surface area (Å²) in [5, 5.41) is 0. The molecule has 1 unspecified atom stereocenters. The van der Waals surface area contributed by atoms with Gasteiger partial charge >= 0.3 is 0 Å². The van der Waals surface area contributed by atoms with Crippen LogP contribution in [0, 0.1) is 0 Å². The van der Waals surface area contributed by atoms with E-state index < -0.39 is 8.07 Å². The summed E-state index contributed by atoms with van der Waals surface area (Å²) in [5.41, 5.74) is 2.75. The summed E-state index contributed by atoms with van der Waals surface area (Å²) in [6.45, 7) is 9.89. The van der Waals surface area contributed by atoms with Gasteiger partial charge < -0.3 is 0 Å². The smallest absolute Gasteiger partial charge is 0.0517 e. The summed E-state index contributed by atoms with van der Waals surface area (Å²) >= 11 is 0. The van der Waals surface area contributed by atoms with Crippen molar-refractivity contribution in [3.63, 3.8) is 0 Å². The second-order valence-corrected chi connectivity index (χ2v) is 10.8. The standard InChI is InChI=1S/C12H24Si/c1-5-12(13(2,3)4)11-9-7-6-8-10-11/h9,12H,5-8,10H2,1-4H3. The van der Waals surface area contributed by atoms with Crippen LogP contribution in [0.5, 0.6) is 0 Å². The Balaban J connectivity index is 2.70. The van der Waals surface area contributed by atoms with E-state index in [1.807, 2.05) is 0 Å². The van der Waals surface area contributed by atoms with Crippen molar-refractivity contribution in [3.05, 3.63) is 11.6 Å². The minimum Gasteiger partial charge on any atom is -0.0853 e. The van der Waals surface area contributed by atoms with Gasteiger partial charge in [0, 0.05) is 0 Å². The molecule has 0 aromatic heterocycles. The molecule has 13 heavy (non-hydrogen) atoms. The van der Waals surface area contributed by atoms with Gasteiger partial charge in [-0.25, -0.2) is 0 Å². The molecule has 0 saturated heterocycles. The number of allylic oxidation sites excluding steroid dienone is 2. The maximum Gasteiger partial charge on any atom is 0.0517 e. The zero-order chi connectivity index (χ0) is 9.90. The van der Waals surface area contributed by atoms with Crippen LogP contribution in [-0.4, -0.2) is 8.07 Å². The van der Waals surface area contributed by atoms with Gasteiger partial charge in [-0.15, -0.1) is 0 Å². The Hall–Kier alpha value is -0.0431. The van der Waals surface area contributed by atoms with Crippen LogP contribution in [0.15, 0.2) is 11.6 Å². The van der Waals surface area contributed by atoms with Crippen LogP contribution in [0.1, 0.15) is 39.0 Å². The Morgan fingerprint density at radius 1 is 1.31 bits per heavy atom. The molecule has 76 valence electrons. The maximum absolute atomic E-state index is 2.54. The van der Waals surface area contributed by atoms with Crippen molar-refractivity contribution >= 4 is 8.07 Å². The van der Waals surface area contributed by atoms with E-state index in [1.54, 1.807) is 5.57 Å². The summed E-state index contributed by atoms with van der Waals surface area (Å²) in [6, 6.07) is 0. The van der Waals surface area contributed by atoms with Gasteiger partial charge in [-0.3, -0.25) is 0 Å². The zero-order valence-electron chi connectivity index (χ0n) is 9.69. The summed E-state index contributed by atoms with van der Waals surface area (Å²) in [7, 11) is -0.942. The third-order valence-electron chi connectivity index (χ3n) is 3.23. The van der Waals surface area contributed by atoms with E-state index in [1.165, 1.54) is 32.1 Å². The normalized spacial score (nSPS) is 21.1. The van der Waals surface area contributed by atoms with Gasteiger partial charge in [0.05, 0.1) is 8.07 Å². The van der Waals surface area contributed by atoms with Gasteiger partial charge in [0.15, 0.2) is 0 Å². The van der Waals surface area contributed by atoms with E-state index in [0.29, 0.717) is 0 Å². The molecule has 0 aromatic rings. The third-order valence-corrected chi connectivity index (χ3v) is 6.10. The lowest BCUT2D eigenvalue weighted by Crippen LogP contribution is -2.29. The van der Waals surface area contributed by atoms with E-state index in [4.69, 9.17) is 0 Å². The average Bonchev–Trinajstić information content (AvgIpc) is 2.05. The molecule has 0 spiro atoms. The second-order valence-electron chi connectivity index (χ2n) is 5.35. The predicted molar refractivity (Wildman–Crippen MR) is 63.9 cm³/mol. The first kappa shape index (κ1) is 11.0. The van der Waals surface area contributed by atoms with Crippen molar-refractivity contribution in [1.29, 1.82) is 0 Å². The van der Waals surface area contributed by atoms with Crippen molar-refractivity contribution in [1.82, 2.24) is 0 Å². The Bertz CT molecular complexity index is 186. The largest absolute Gasteiger partial charge is 0.0853 e. The lowest BCUT2D eigenvalue weighted by Gasteiger charge is -2.32. The molecule has 1 heteroatoms. The van der Waals surface area contributed by atoms with E-state index >= 15 is 0 Å². The first-order valence-electron chi connectivity index (χ1n) is 5.74. The Morgan fingerprint density at radius 2 is 2.00 bits per heavy atom. The van der Waals surface area contributed by atoms with E-state index in [2.05, 4.69) is 32.6 Å². The highest BCUT2D eigenvalue weighted by Crippen LogP contribution is 2.37. The van der Waals surface area contributed by atoms with Crippen LogP contribution in [0.25, 0.3) is 0 Å². The van der Waals surface area contributed by atoms with Crippen molar-refractivity contribution in [3.8, 4) is 0 Å². The fourth-order valence-corrected chi connectivity index (χ4v) is 5.21. The van der Waals surface area contributed by atoms with Gasteiger partial charge in [0.1, 0.15) is 0 Å². The molecule has 1 rings (SSSR count). The summed E-state index contributed by atoms with van der Waals surface area (Å²) in [6.07, 6.45) is 9.50. The quantitative estimate of drug-likeness (QED) is 0.457. The van der Waals surface area contributed by atoms with Gasteiger partial charge in [-0.05, 0) is 31.2 Å². The highest BCUT2D eigenvalue weighted by molar-refractivity contribution is 6.78. The van der Waals surface area contributed by atoms with Crippen molar-refractivity contribution in [2.24, 2.45) is 0 Å². The molecule has 1 aliphatic rings. The highest BCUT2D eigenvalue weighted by atomic mass is 28.3. The van der Waals surface area contributed by atoms with Crippen molar-refractivity contribution < 1.29 is 0 Å². The van der Waals surface area contributed by atoms with Crippen LogP contribution in [0.4, 0.5) is 0 Å². The fourth-order valence-electron chi connectivity index (χ4n) is 2.61. The van der Waals surface area contributed by atoms with E-state index in [9.17, 15) is 0 Å². The third kappa shape index (κ3) is 2.98. The van der Waals surface area contributed by atoms with Crippen LogP contribution in [0.2, 0.25) is 25.2 Å². The first-order chi connectivity index (χ1) is 6.05. The molecule has 0 radical (unpaired) electrons. The monoisotopic (exact) mass is 196 g/mol. The molecule has 0 saturated carbocycles. The maximum atomic E-state index is 2.54. The first-order valence-corrected chi connectivity index (χ1v) is 9.32. The molecule has 0 fully saturated rings. The Kier molecular flexibility index (Phi) is 3.78. The Morgan fingerprint density at radius 3 is 2.38 bits per heavy atom. The molecule has 1 atom stereocenters. The molecule has 0 aromatic carbocycles. The minimum atomic E-state index is -0.942.